The maximum atomic E-state index is 12.4. The Labute approximate surface area is 174 Å². The van der Waals surface area contributed by atoms with E-state index in [2.05, 4.69) is 26.6 Å². The summed E-state index contributed by atoms with van der Waals surface area (Å²) >= 11 is 2.97. The first kappa shape index (κ1) is 24.3. The molecule has 0 aliphatic carbocycles. The van der Waals surface area contributed by atoms with Crippen molar-refractivity contribution in [2.24, 2.45) is 5.73 Å². The number of nitrogens with one attached hydrogen (secondary N) is 2. The molecule has 2 atom stereocenters. The number of imide groups is 1. The molecule has 0 aromatic heterocycles. The Kier molecular flexibility index (Phi) is 8.55. The van der Waals surface area contributed by atoms with Gasteiger partial charge in [-0.2, -0.15) is 0 Å². The molecule has 0 aromatic carbocycles. The van der Waals surface area contributed by atoms with Gasteiger partial charge in [-0.1, -0.05) is 15.9 Å². The van der Waals surface area contributed by atoms with Crippen molar-refractivity contribution < 1.29 is 38.3 Å². The highest BCUT2D eigenvalue weighted by Crippen LogP contribution is 2.13. The van der Waals surface area contributed by atoms with Gasteiger partial charge in [0.15, 0.2) is 0 Å². The van der Waals surface area contributed by atoms with Gasteiger partial charge in [0.05, 0.1) is 0 Å². The number of rotatable bonds is 8. The molecule has 12 nitrogen and oxygen atoms in total. The van der Waals surface area contributed by atoms with Crippen molar-refractivity contribution in [3.8, 4) is 0 Å². The number of hydrogen-bond acceptors (Lipinski definition) is 8. The largest absolute Gasteiger partial charge is 0.444 e. The zero-order chi connectivity index (χ0) is 22.4. The van der Waals surface area contributed by atoms with Crippen LogP contribution in [-0.4, -0.2) is 63.8 Å². The Morgan fingerprint density at radius 3 is 2.21 bits per heavy atom. The van der Waals surface area contributed by atoms with E-state index in [1.54, 1.807) is 20.8 Å². The first-order valence-corrected chi connectivity index (χ1v) is 9.49. The lowest BCUT2D eigenvalue weighted by atomic mass is 10.2. The molecule has 1 fully saturated rings. The smallest absolute Gasteiger partial charge is 0.408 e. The highest BCUT2D eigenvalue weighted by molar-refractivity contribution is 9.10. The SMILES string of the molecule is CC(C)(C)OC(=O)N[C@@H](CNC(=O)[C@@H](Br)CC(N)=O)C(=O)ON1C(=O)CCC1=O. The molecular weight excluding hydrogens is 456 g/mol. The monoisotopic (exact) mass is 478 g/mol. The number of alkyl halides is 1. The van der Waals surface area contributed by atoms with Crippen molar-refractivity contribution in [3.63, 3.8) is 0 Å². The third kappa shape index (κ3) is 8.46. The zero-order valence-corrected chi connectivity index (χ0v) is 17.7. The molecule has 0 saturated carbocycles. The summed E-state index contributed by atoms with van der Waals surface area (Å²) in [6, 6.07) is -1.48. The molecule has 1 heterocycles. The van der Waals surface area contributed by atoms with Crippen molar-refractivity contribution >= 4 is 51.6 Å². The number of ether oxygens (including phenoxy) is 1. The molecule has 4 N–H and O–H groups in total. The van der Waals surface area contributed by atoms with Gasteiger partial charge in [0, 0.05) is 25.8 Å². The lowest BCUT2D eigenvalue weighted by Gasteiger charge is -2.24. The first-order chi connectivity index (χ1) is 13.3. The summed E-state index contributed by atoms with van der Waals surface area (Å²) in [7, 11) is 0. The van der Waals surface area contributed by atoms with Crippen LogP contribution in [0.4, 0.5) is 4.79 Å². The third-order valence-electron chi connectivity index (χ3n) is 3.31. The number of amides is 5. The summed E-state index contributed by atoms with van der Waals surface area (Å²) in [5.41, 5.74) is 4.14. The van der Waals surface area contributed by atoms with E-state index in [9.17, 15) is 28.8 Å². The normalized spacial score (nSPS) is 16.1. The van der Waals surface area contributed by atoms with E-state index in [-0.39, 0.29) is 19.3 Å². The van der Waals surface area contributed by atoms with Crippen LogP contribution in [0.15, 0.2) is 0 Å². The fourth-order valence-electron chi connectivity index (χ4n) is 2.04. The van der Waals surface area contributed by atoms with Crippen LogP contribution >= 0.6 is 15.9 Å². The summed E-state index contributed by atoms with van der Waals surface area (Å²) in [5.74, 6) is -3.98. The highest BCUT2D eigenvalue weighted by atomic mass is 79.9. The summed E-state index contributed by atoms with van der Waals surface area (Å²) in [4.78, 5) is 74.3. The lowest BCUT2D eigenvalue weighted by Crippen LogP contribution is -2.52. The number of hydrogen-bond donors (Lipinski definition) is 3. The Morgan fingerprint density at radius 1 is 1.17 bits per heavy atom. The number of nitrogens with zero attached hydrogens (tertiary/aromatic N) is 1. The van der Waals surface area contributed by atoms with E-state index >= 15 is 0 Å². The quantitative estimate of drug-likeness (QED) is 0.301. The van der Waals surface area contributed by atoms with E-state index in [0.717, 1.165) is 0 Å². The topological polar surface area (TPSA) is 174 Å². The fraction of sp³-hybridized carbons (Fsp3) is 0.625. The van der Waals surface area contributed by atoms with Crippen LogP contribution in [0, 0.1) is 0 Å². The fourth-order valence-corrected chi connectivity index (χ4v) is 2.52. The number of carbonyl (C=O) groups is 6. The Bertz CT molecular complexity index is 690. The van der Waals surface area contributed by atoms with Crippen LogP contribution in [0.5, 0.6) is 0 Å². The molecule has 0 aromatic rings. The number of primary amides is 1. The summed E-state index contributed by atoms with van der Waals surface area (Å²) < 4.78 is 5.05. The van der Waals surface area contributed by atoms with Gasteiger partial charge in [-0.05, 0) is 20.8 Å². The van der Waals surface area contributed by atoms with Gasteiger partial charge in [0.2, 0.25) is 11.8 Å². The Balaban J connectivity index is 2.81. The lowest BCUT2D eigenvalue weighted by molar-refractivity contribution is -0.198. The molecule has 162 valence electrons. The van der Waals surface area contributed by atoms with Gasteiger partial charge < -0.3 is 25.9 Å². The van der Waals surface area contributed by atoms with Crippen molar-refractivity contribution in [2.45, 2.75) is 56.5 Å². The molecule has 1 aliphatic heterocycles. The van der Waals surface area contributed by atoms with Gasteiger partial charge in [-0.25, -0.2) is 9.59 Å². The molecule has 0 unspecified atom stereocenters. The average Bonchev–Trinajstić information content (AvgIpc) is 2.87. The second-order valence-electron chi connectivity index (χ2n) is 7.07. The van der Waals surface area contributed by atoms with Crippen LogP contribution in [0.3, 0.4) is 0 Å². The highest BCUT2D eigenvalue weighted by Gasteiger charge is 2.36. The summed E-state index contributed by atoms with van der Waals surface area (Å²) in [5, 5.41) is 4.85. The minimum atomic E-state index is -1.48. The first-order valence-electron chi connectivity index (χ1n) is 8.57. The molecular formula is C16H23BrN4O8. The van der Waals surface area contributed by atoms with Gasteiger partial charge in [-0.3, -0.25) is 19.2 Å². The standard InChI is InChI=1S/C16H23BrN4O8/c1-16(2,3)28-15(27)20-9(7-19-13(25)8(17)6-10(18)22)14(26)29-21-11(23)4-5-12(21)24/h8-9H,4-7H2,1-3H3,(H2,18,22)(H,19,25)(H,20,27)/t8-,9-/m0/s1. The molecule has 1 aliphatic rings. The van der Waals surface area contributed by atoms with Crippen molar-refractivity contribution in [1.29, 1.82) is 0 Å². The number of nitrogens with two attached hydrogens (primary N) is 1. The van der Waals surface area contributed by atoms with E-state index < -0.39 is 58.7 Å². The maximum Gasteiger partial charge on any atom is 0.408 e. The minimum Gasteiger partial charge on any atom is -0.444 e. The van der Waals surface area contributed by atoms with E-state index in [1.165, 1.54) is 0 Å². The minimum absolute atomic E-state index is 0.106. The van der Waals surface area contributed by atoms with E-state index in [0.29, 0.717) is 5.06 Å². The van der Waals surface area contributed by atoms with Gasteiger partial charge in [-0.15, -0.1) is 5.06 Å². The van der Waals surface area contributed by atoms with Gasteiger partial charge >= 0.3 is 12.1 Å². The number of alkyl carbamates (subject to hydrolysis) is 1. The molecule has 0 spiro atoms. The van der Waals surface area contributed by atoms with Crippen LogP contribution < -0.4 is 16.4 Å². The molecule has 0 bridgehead atoms. The summed E-state index contributed by atoms with van der Waals surface area (Å²) in [6.07, 6.45) is -1.49. The Hall–Kier alpha value is -2.70. The molecule has 5 amide bonds. The number of halogens is 1. The van der Waals surface area contributed by atoms with E-state index in [1.807, 2.05) is 0 Å². The van der Waals surface area contributed by atoms with E-state index in [4.69, 9.17) is 15.3 Å². The molecule has 1 rings (SSSR count). The third-order valence-corrected chi connectivity index (χ3v) is 4.05. The molecule has 13 heteroatoms. The summed E-state index contributed by atoms with van der Waals surface area (Å²) in [6.45, 7) is 4.33. The zero-order valence-electron chi connectivity index (χ0n) is 16.2. The molecule has 29 heavy (non-hydrogen) atoms. The maximum absolute atomic E-state index is 12.4. The predicted octanol–water partition coefficient (Wildman–Crippen LogP) is -0.758. The Morgan fingerprint density at radius 2 is 1.72 bits per heavy atom. The number of hydroxylamine groups is 2. The predicted molar refractivity (Wildman–Crippen MR) is 99.9 cm³/mol. The number of carbonyl (C=O) groups excluding carboxylic acids is 6. The van der Waals surface area contributed by atoms with Crippen LogP contribution in [0.2, 0.25) is 0 Å². The van der Waals surface area contributed by atoms with Crippen molar-refractivity contribution in [1.82, 2.24) is 15.7 Å². The van der Waals surface area contributed by atoms with Gasteiger partial charge in [0.25, 0.3) is 11.8 Å². The van der Waals surface area contributed by atoms with Crippen molar-refractivity contribution in [3.05, 3.63) is 0 Å². The van der Waals surface area contributed by atoms with Crippen LogP contribution in [0.25, 0.3) is 0 Å². The second-order valence-corrected chi connectivity index (χ2v) is 8.18. The molecule has 0 radical (unpaired) electrons. The van der Waals surface area contributed by atoms with Crippen molar-refractivity contribution in [2.75, 3.05) is 6.54 Å². The van der Waals surface area contributed by atoms with Gasteiger partial charge in [0.1, 0.15) is 16.5 Å². The van der Waals surface area contributed by atoms with Crippen LogP contribution in [0.1, 0.15) is 40.0 Å². The van der Waals surface area contributed by atoms with Crippen LogP contribution in [-0.2, 0) is 33.5 Å². The second kappa shape index (κ2) is 10.2. The average molecular weight is 479 g/mol. The molecule has 1 saturated heterocycles.